The molecule has 1 aromatic rings. The summed E-state index contributed by atoms with van der Waals surface area (Å²) in [4.78, 5) is 24.0. The molecule has 1 aromatic heterocycles. The number of aromatic nitrogens is 1. The molecule has 31 heavy (non-hydrogen) atoms. The van der Waals surface area contributed by atoms with Crippen molar-refractivity contribution < 1.29 is 4.76 Å². The van der Waals surface area contributed by atoms with Gasteiger partial charge in [-0.15, -0.1) is 0 Å². The molecule has 2 aliphatic heterocycles. The van der Waals surface area contributed by atoms with Crippen molar-refractivity contribution >= 4 is 23.2 Å². The molecule has 3 heterocycles. The molecule has 2 N–H and O–H groups in total. The van der Waals surface area contributed by atoms with Crippen LogP contribution in [0.25, 0.3) is 0 Å². The monoisotopic (exact) mass is 439 g/mol. The zero-order valence-corrected chi connectivity index (χ0v) is 19.0. The van der Waals surface area contributed by atoms with E-state index in [9.17, 15) is 4.91 Å². The SMILES string of the molecule is Cc1nc(CCCN(C)C)ccc1NC1=NC=C2C[N+](=O)C3=C(C=C(Cl)CC3)C=C2N1. The Kier molecular flexibility index (Phi) is 6.34. The van der Waals surface area contributed by atoms with Crippen molar-refractivity contribution in [1.82, 2.24) is 15.2 Å². The van der Waals surface area contributed by atoms with E-state index in [2.05, 4.69) is 40.7 Å². The van der Waals surface area contributed by atoms with E-state index < -0.39 is 0 Å². The van der Waals surface area contributed by atoms with Gasteiger partial charge in [-0.1, -0.05) is 11.6 Å². The molecular weight excluding hydrogens is 412 g/mol. The predicted molar refractivity (Wildman–Crippen MR) is 125 cm³/mol. The molecule has 8 heteroatoms. The maximum atomic E-state index is 12.6. The number of halogens is 1. The van der Waals surface area contributed by atoms with Crippen LogP contribution in [0.3, 0.4) is 0 Å². The Balaban J connectivity index is 1.49. The van der Waals surface area contributed by atoms with Crippen molar-refractivity contribution in [2.75, 3.05) is 32.5 Å². The lowest BCUT2D eigenvalue weighted by molar-refractivity contribution is -0.493. The number of aliphatic imine (C=N–C) groups is 1. The predicted octanol–water partition coefficient (Wildman–Crippen LogP) is 3.99. The van der Waals surface area contributed by atoms with Crippen LogP contribution < -0.4 is 10.6 Å². The molecule has 0 amide bonds. The summed E-state index contributed by atoms with van der Waals surface area (Å²) in [7, 11) is 4.16. The number of nitrogens with one attached hydrogen (secondary N) is 2. The topological polar surface area (TPSA) is 72.6 Å². The van der Waals surface area contributed by atoms with E-state index in [0.29, 0.717) is 18.8 Å². The quantitative estimate of drug-likeness (QED) is 0.679. The van der Waals surface area contributed by atoms with E-state index in [-0.39, 0.29) is 6.54 Å². The number of guanidine groups is 1. The van der Waals surface area contributed by atoms with Gasteiger partial charge in [0.1, 0.15) is 0 Å². The highest BCUT2D eigenvalue weighted by atomic mass is 35.5. The van der Waals surface area contributed by atoms with Gasteiger partial charge in [0.25, 0.3) is 0 Å². The first-order chi connectivity index (χ1) is 14.9. The maximum absolute atomic E-state index is 12.6. The van der Waals surface area contributed by atoms with Crippen molar-refractivity contribution in [3.05, 3.63) is 74.4 Å². The zero-order chi connectivity index (χ0) is 22.0. The molecule has 0 spiro atoms. The Hall–Kier alpha value is -2.77. The number of pyridine rings is 1. The zero-order valence-electron chi connectivity index (χ0n) is 18.2. The fraction of sp³-hybridized carbons (Fsp3) is 0.391. The number of rotatable bonds is 5. The molecule has 0 fully saturated rings. The first-order valence-electron chi connectivity index (χ1n) is 10.6. The third-order valence-electron chi connectivity index (χ3n) is 5.54. The molecule has 4 rings (SSSR count). The number of hydrogen-bond acceptors (Lipinski definition) is 6. The van der Waals surface area contributed by atoms with Gasteiger partial charge in [0.15, 0.2) is 0 Å². The van der Waals surface area contributed by atoms with Crippen LogP contribution >= 0.6 is 11.6 Å². The van der Waals surface area contributed by atoms with Crippen LogP contribution in [0, 0.1) is 11.8 Å². The van der Waals surface area contributed by atoms with E-state index >= 15 is 0 Å². The van der Waals surface area contributed by atoms with Crippen LogP contribution in [0.1, 0.15) is 30.7 Å². The van der Waals surface area contributed by atoms with Gasteiger partial charge in [-0.3, -0.25) is 4.98 Å². The summed E-state index contributed by atoms with van der Waals surface area (Å²) in [5.41, 5.74) is 6.26. The summed E-state index contributed by atoms with van der Waals surface area (Å²) in [5.74, 6) is 0.604. The Labute approximate surface area is 187 Å². The maximum Gasteiger partial charge on any atom is 0.240 e. The van der Waals surface area contributed by atoms with Crippen molar-refractivity contribution in [3.8, 4) is 0 Å². The second-order valence-electron chi connectivity index (χ2n) is 8.31. The van der Waals surface area contributed by atoms with Gasteiger partial charge in [0, 0.05) is 38.6 Å². The average Bonchev–Trinajstić information content (AvgIpc) is 2.84. The minimum Gasteiger partial charge on any atom is -0.325 e. The molecule has 0 atom stereocenters. The van der Waals surface area contributed by atoms with Crippen molar-refractivity contribution in [3.63, 3.8) is 0 Å². The van der Waals surface area contributed by atoms with E-state index in [1.54, 1.807) is 6.20 Å². The number of allylic oxidation sites excluding steroid dienone is 5. The third-order valence-corrected chi connectivity index (χ3v) is 5.84. The third kappa shape index (κ3) is 5.11. The normalized spacial score (nSPS) is 18.3. The van der Waals surface area contributed by atoms with E-state index in [4.69, 9.17) is 16.6 Å². The summed E-state index contributed by atoms with van der Waals surface area (Å²) in [6.45, 7) is 3.31. The minimum absolute atomic E-state index is 0.266. The number of anilines is 1. The lowest BCUT2D eigenvalue weighted by atomic mass is 10.0. The minimum atomic E-state index is 0.266. The highest BCUT2D eigenvalue weighted by Gasteiger charge is 2.31. The van der Waals surface area contributed by atoms with Crippen LogP contribution in [-0.2, 0) is 6.42 Å². The van der Waals surface area contributed by atoms with Gasteiger partial charge in [-0.2, -0.15) is 0 Å². The van der Waals surface area contributed by atoms with Crippen LogP contribution in [0.4, 0.5) is 5.69 Å². The van der Waals surface area contributed by atoms with Crippen LogP contribution in [-0.4, -0.2) is 47.8 Å². The fourth-order valence-corrected chi connectivity index (χ4v) is 4.08. The second kappa shape index (κ2) is 9.16. The van der Waals surface area contributed by atoms with E-state index in [1.165, 1.54) is 0 Å². The van der Waals surface area contributed by atoms with Crippen molar-refractivity contribution in [1.29, 1.82) is 0 Å². The summed E-state index contributed by atoms with van der Waals surface area (Å²) < 4.78 is 1.04. The number of aryl methyl sites for hydroxylation is 2. The van der Waals surface area contributed by atoms with Crippen LogP contribution in [0.2, 0.25) is 0 Å². The van der Waals surface area contributed by atoms with Crippen molar-refractivity contribution in [2.45, 2.75) is 32.6 Å². The van der Waals surface area contributed by atoms with Gasteiger partial charge in [0.2, 0.25) is 18.2 Å². The lowest BCUT2D eigenvalue weighted by Gasteiger charge is -2.19. The van der Waals surface area contributed by atoms with Gasteiger partial charge in [-0.25, -0.2) is 4.99 Å². The smallest absolute Gasteiger partial charge is 0.240 e. The molecule has 0 radical (unpaired) electrons. The number of hydrogen-bond donors (Lipinski definition) is 2. The Morgan fingerprint density at radius 2 is 2.10 bits per heavy atom. The van der Waals surface area contributed by atoms with Crippen LogP contribution in [0.15, 0.2) is 63.0 Å². The molecule has 3 aliphatic rings. The van der Waals surface area contributed by atoms with Crippen molar-refractivity contribution in [2.24, 2.45) is 4.99 Å². The largest absolute Gasteiger partial charge is 0.325 e. The van der Waals surface area contributed by atoms with Gasteiger partial charge in [-0.05, 0) is 71.1 Å². The molecule has 162 valence electrons. The molecular formula is C23H28ClN6O+. The number of nitrogens with zero attached hydrogens (tertiary/aromatic N) is 4. The second-order valence-corrected chi connectivity index (χ2v) is 8.80. The summed E-state index contributed by atoms with van der Waals surface area (Å²) in [6, 6.07) is 4.10. The Morgan fingerprint density at radius 1 is 1.26 bits per heavy atom. The van der Waals surface area contributed by atoms with Gasteiger partial charge in [0.05, 0.1) is 22.7 Å². The molecule has 0 saturated heterocycles. The lowest BCUT2D eigenvalue weighted by Crippen LogP contribution is -2.34. The molecule has 0 saturated carbocycles. The number of nitroso groups, excluding NO2 is 1. The molecule has 0 aromatic carbocycles. The molecule has 0 unspecified atom stereocenters. The van der Waals surface area contributed by atoms with Gasteiger partial charge < -0.3 is 15.5 Å². The average molecular weight is 440 g/mol. The van der Waals surface area contributed by atoms with Crippen LogP contribution in [0.5, 0.6) is 0 Å². The fourth-order valence-electron chi connectivity index (χ4n) is 3.86. The summed E-state index contributed by atoms with van der Waals surface area (Å²) >= 11 is 6.22. The molecule has 1 aliphatic carbocycles. The first kappa shape index (κ1) is 21.5. The summed E-state index contributed by atoms with van der Waals surface area (Å²) in [5, 5.41) is 7.43. The summed E-state index contributed by atoms with van der Waals surface area (Å²) in [6.07, 6.45) is 9.00. The Bertz CT molecular complexity index is 1060. The first-order valence-corrected chi connectivity index (χ1v) is 10.9. The highest BCUT2D eigenvalue weighted by molar-refractivity contribution is 6.29. The Morgan fingerprint density at radius 3 is 2.87 bits per heavy atom. The van der Waals surface area contributed by atoms with E-state index in [1.807, 2.05) is 25.1 Å². The number of fused-ring (bicyclic) bond motifs is 1. The standard InChI is InChI=1S/C23H28ClN6O/c1-15-20(8-7-19(26-15)5-4-10-29(2)3)27-23-25-13-17-14-30(31)22-9-6-18(24)11-16(22)12-21(17)28-23/h7-8,11-13H,4-6,9-10,14H2,1-3H3,(H2,25,27,28)/q+1. The molecule has 0 bridgehead atoms. The van der Waals surface area contributed by atoms with Gasteiger partial charge >= 0.3 is 0 Å². The van der Waals surface area contributed by atoms with E-state index in [0.717, 1.165) is 68.8 Å². The molecule has 7 nitrogen and oxygen atoms in total. The highest BCUT2D eigenvalue weighted by Crippen LogP contribution is 2.32.